The topological polar surface area (TPSA) is 50.4 Å². The van der Waals surface area contributed by atoms with E-state index in [1.54, 1.807) is 24.3 Å². The van der Waals surface area contributed by atoms with E-state index >= 15 is 0 Å². The molecule has 0 bridgehead atoms. The molecule has 126 valence electrons. The van der Waals surface area contributed by atoms with Crippen LogP contribution in [-0.2, 0) is 4.79 Å². The normalized spacial score (nSPS) is 11.5. The van der Waals surface area contributed by atoms with Gasteiger partial charge in [0.05, 0.1) is 10.7 Å². The van der Waals surface area contributed by atoms with Crippen molar-refractivity contribution in [2.75, 3.05) is 5.32 Å². The molecule has 0 spiro atoms. The molecule has 2 aromatic carbocycles. The van der Waals surface area contributed by atoms with Gasteiger partial charge in [0.15, 0.2) is 11.2 Å². The van der Waals surface area contributed by atoms with Gasteiger partial charge in [-0.2, -0.15) is 0 Å². The van der Waals surface area contributed by atoms with Crippen LogP contribution in [0.1, 0.15) is 6.92 Å². The molecule has 0 aromatic heterocycles. The second-order valence-electron chi connectivity index (χ2n) is 4.76. The van der Waals surface area contributed by atoms with Gasteiger partial charge in [0.25, 0.3) is 5.91 Å². The summed E-state index contributed by atoms with van der Waals surface area (Å²) in [5.74, 6) is -0.669. The van der Waals surface area contributed by atoms with Gasteiger partial charge in [-0.05, 0) is 49.5 Å². The van der Waals surface area contributed by atoms with Crippen LogP contribution >= 0.6 is 35.4 Å². The zero-order valence-corrected chi connectivity index (χ0v) is 14.8. The predicted octanol–water partition coefficient (Wildman–Crippen LogP) is 4.41. The second-order valence-corrected chi connectivity index (χ2v) is 6.01. The number of rotatable bonds is 4. The molecular weight excluding hydrogens is 374 g/mol. The number of hydrogen-bond donors (Lipinski definition) is 2. The summed E-state index contributed by atoms with van der Waals surface area (Å²) in [5, 5.41) is 5.74. The van der Waals surface area contributed by atoms with Crippen LogP contribution in [0.25, 0.3) is 0 Å². The molecule has 0 aliphatic carbocycles. The highest BCUT2D eigenvalue weighted by atomic mass is 35.5. The Kier molecular flexibility index (Phi) is 6.36. The summed E-state index contributed by atoms with van der Waals surface area (Å²) < 4.78 is 19.0. The van der Waals surface area contributed by atoms with Crippen LogP contribution in [0.2, 0.25) is 10.0 Å². The van der Waals surface area contributed by atoms with Crippen LogP contribution in [-0.4, -0.2) is 17.1 Å². The Morgan fingerprint density at radius 3 is 2.62 bits per heavy atom. The van der Waals surface area contributed by atoms with E-state index in [9.17, 15) is 9.18 Å². The smallest absolute Gasteiger partial charge is 0.266 e. The molecule has 0 unspecified atom stereocenters. The van der Waals surface area contributed by atoms with Crippen LogP contribution in [0.5, 0.6) is 5.75 Å². The molecule has 0 aliphatic rings. The van der Waals surface area contributed by atoms with E-state index in [0.717, 1.165) is 0 Å². The van der Waals surface area contributed by atoms with Gasteiger partial charge in [0.2, 0.25) is 0 Å². The average Bonchev–Trinajstić information content (AvgIpc) is 2.52. The van der Waals surface area contributed by atoms with E-state index in [-0.39, 0.29) is 15.8 Å². The number of anilines is 1. The number of benzene rings is 2. The summed E-state index contributed by atoms with van der Waals surface area (Å²) in [4.78, 5) is 12.1. The maximum Gasteiger partial charge on any atom is 0.266 e. The zero-order valence-electron chi connectivity index (χ0n) is 12.5. The summed E-state index contributed by atoms with van der Waals surface area (Å²) >= 11 is 16.8. The molecule has 4 nitrogen and oxygen atoms in total. The van der Waals surface area contributed by atoms with E-state index in [1.165, 1.54) is 25.1 Å². The van der Waals surface area contributed by atoms with Crippen molar-refractivity contribution in [3.8, 4) is 5.75 Å². The quantitative estimate of drug-likeness (QED) is 0.763. The Hall–Kier alpha value is -1.89. The zero-order chi connectivity index (χ0) is 17.7. The first-order valence-electron chi connectivity index (χ1n) is 6.85. The number of para-hydroxylation sites is 1. The van der Waals surface area contributed by atoms with Crippen molar-refractivity contribution < 1.29 is 13.9 Å². The number of carbonyl (C=O) groups excluding carboxylic acids is 1. The van der Waals surface area contributed by atoms with Crippen molar-refractivity contribution in [1.82, 2.24) is 5.32 Å². The fourth-order valence-corrected chi connectivity index (χ4v) is 2.41. The summed E-state index contributed by atoms with van der Waals surface area (Å²) in [6.45, 7) is 1.53. The molecule has 0 fully saturated rings. The SMILES string of the molecule is C[C@H](Oc1ccc(Cl)cc1Cl)C(=O)NC(=S)Nc1ccccc1F. The highest BCUT2D eigenvalue weighted by Crippen LogP contribution is 2.28. The molecule has 0 heterocycles. The Morgan fingerprint density at radius 2 is 1.96 bits per heavy atom. The standard InChI is InChI=1S/C16H13Cl2FN2O2S/c1-9(23-14-7-6-10(17)8-11(14)18)15(22)21-16(24)20-13-5-3-2-4-12(13)19/h2-9H,1H3,(H2,20,21,22,24)/t9-/m0/s1. The molecule has 2 rings (SSSR count). The molecule has 2 N–H and O–H groups in total. The lowest BCUT2D eigenvalue weighted by atomic mass is 10.3. The third-order valence-electron chi connectivity index (χ3n) is 2.93. The van der Waals surface area contributed by atoms with Gasteiger partial charge in [-0.15, -0.1) is 0 Å². The van der Waals surface area contributed by atoms with Gasteiger partial charge in [-0.1, -0.05) is 35.3 Å². The predicted molar refractivity (Wildman–Crippen MR) is 97.3 cm³/mol. The fraction of sp³-hybridized carbons (Fsp3) is 0.125. The first-order valence-corrected chi connectivity index (χ1v) is 8.01. The van der Waals surface area contributed by atoms with Crippen LogP contribution in [0.15, 0.2) is 42.5 Å². The van der Waals surface area contributed by atoms with Crippen molar-refractivity contribution in [1.29, 1.82) is 0 Å². The maximum absolute atomic E-state index is 13.5. The van der Waals surface area contributed by atoms with Crippen molar-refractivity contribution in [3.63, 3.8) is 0 Å². The first-order chi connectivity index (χ1) is 11.4. The molecular formula is C16H13Cl2FN2O2S. The monoisotopic (exact) mass is 386 g/mol. The minimum atomic E-state index is -0.871. The number of carbonyl (C=O) groups is 1. The number of halogens is 3. The molecule has 0 aliphatic heterocycles. The van der Waals surface area contributed by atoms with Crippen LogP contribution in [0, 0.1) is 5.82 Å². The molecule has 0 saturated heterocycles. The van der Waals surface area contributed by atoms with Gasteiger partial charge >= 0.3 is 0 Å². The Balaban J connectivity index is 1.93. The highest BCUT2D eigenvalue weighted by molar-refractivity contribution is 7.80. The van der Waals surface area contributed by atoms with Crippen molar-refractivity contribution in [3.05, 3.63) is 58.3 Å². The fourth-order valence-electron chi connectivity index (χ4n) is 1.74. The molecule has 0 radical (unpaired) electrons. The van der Waals surface area contributed by atoms with E-state index in [4.69, 9.17) is 40.2 Å². The largest absolute Gasteiger partial charge is 0.479 e. The molecule has 1 atom stereocenters. The number of ether oxygens (including phenoxy) is 1. The van der Waals surface area contributed by atoms with E-state index in [1.807, 2.05) is 0 Å². The third kappa shape index (κ3) is 5.06. The van der Waals surface area contributed by atoms with Gasteiger partial charge < -0.3 is 10.1 Å². The van der Waals surface area contributed by atoms with Gasteiger partial charge in [0.1, 0.15) is 11.6 Å². The van der Waals surface area contributed by atoms with E-state index in [2.05, 4.69) is 10.6 Å². The van der Waals surface area contributed by atoms with Crippen LogP contribution in [0.4, 0.5) is 10.1 Å². The number of hydrogen-bond acceptors (Lipinski definition) is 3. The molecule has 8 heteroatoms. The highest BCUT2D eigenvalue weighted by Gasteiger charge is 2.18. The summed E-state index contributed by atoms with van der Waals surface area (Å²) in [7, 11) is 0. The molecule has 24 heavy (non-hydrogen) atoms. The lowest BCUT2D eigenvalue weighted by Crippen LogP contribution is -2.42. The molecule has 2 aromatic rings. The average molecular weight is 387 g/mol. The first kappa shape index (κ1) is 18.4. The molecule has 1 amide bonds. The lowest BCUT2D eigenvalue weighted by Gasteiger charge is -2.16. The van der Waals surface area contributed by atoms with Crippen LogP contribution < -0.4 is 15.4 Å². The summed E-state index contributed by atoms with van der Waals surface area (Å²) in [6, 6.07) is 10.6. The van der Waals surface area contributed by atoms with Crippen molar-refractivity contribution >= 4 is 52.1 Å². The van der Waals surface area contributed by atoms with Gasteiger partial charge in [0, 0.05) is 5.02 Å². The van der Waals surface area contributed by atoms with Gasteiger partial charge in [-0.3, -0.25) is 10.1 Å². The minimum absolute atomic E-state index is 0.0391. The molecule has 0 saturated carbocycles. The maximum atomic E-state index is 13.5. The van der Waals surface area contributed by atoms with E-state index < -0.39 is 17.8 Å². The second kappa shape index (κ2) is 8.28. The van der Waals surface area contributed by atoms with Crippen molar-refractivity contribution in [2.45, 2.75) is 13.0 Å². The minimum Gasteiger partial charge on any atom is -0.479 e. The van der Waals surface area contributed by atoms with Gasteiger partial charge in [-0.25, -0.2) is 4.39 Å². The number of nitrogens with one attached hydrogen (secondary N) is 2. The number of thiocarbonyl (C=S) groups is 1. The third-order valence-corrected chi connectivity index (χ3v) is 3.66. The van der Waals surface area contributed by atoms with Crippen molar-refractivity contribution in [2.24, 2.45) is 0 Å². The van der Waals surface area contributed by atoms with Crippen LogP contribution in [0.3, 0.4) is 0 Å². The summed E-state index contributed by atoms with van der Waals surface area (Å²) in [6.07, 6.45) is -0.871. The summed E-state index contributed by atoms with van der Waals surface area (Å²) in [5.41, 5.74) is 0.164. The Morgan fingerprint density at radius 1 is 1.25 bits per heavy atom. The Labute approximate surface area is 153 Å². The number of amides is 1. The van der Waals surface area contributed by atoms with E-state index in [0.29, 0.717) is 10.8 Å². The lowest BCUT2D eigenvalue weighted by molar-refractivity contribution is -0.125. The Bertz CT molecular complexity index is 773.